The number of alkyl halides is 1. The highest BCUT2D eigenvalue weighted by molar-refractivity contribution is 9.09. The molecule has 0 saturated carbocycles. The second-order valence-corrected chi connectivity index (χ2v) is 3.47. The zero-order valence-corrected chi connectivity index (χ0v) is 8.15. The monoisotopic (exact) mass is 234 g/mol. The van der Waals surface area contributed by atoms with E-state index < -0.39 is 0 Å². The minimum Gasteiger partial charge on any atom is -0.459 e. The van der Waals surface area contributed by atoms with Gasteiger partial charge in [-0.2, -0.15) is 0 Å². The number of carbonyl (C=O) groups excluding carboxylic acids is 1. The van der Waals surface area contributed by atoms with Crippen LogP contribution in [0.2, 0.25) is 0 Å². The molecule has 0 aliphatic heterocycles. The van der Waals surface area contributed by atoms with Crippen molar-refractivity contribution < 1.29 is 9.53 Å². The highest BCUT2D eigenvalue weighted by Gasteiger charge is 1.99. The van der Waals surface area contributed by atoms with Crippen LogP contribution < -0.4 is 0 Å². The van der Waals surface area contributed by atoms with Crippen molar-refractivity contribution in [3.8, 4) is 0 Å². The van der Waals surface area contributed by atoms with Gasteiger partial charge in [0.1, 0.15) is 11.9 Å². The minimum atomic E-state index is -0.224. The van der Waals surface area contributed by atoms with E-state index in [1.54, 1.807) is 11.3 Å². The summed E-state index contributed by atoms with van der Waals surface area (Å²) in [7, 11) is 0. The second kappa shape index (κ2) is 4.51. The minimum absolute atomic E-state index is 0.224. The molecule has 0 radical (unpaired) electrons. The Morgan fingerprint density at radius 1 is 1.73 bits per heavy atom. The van der Waals surface area contributed by atoms with Crippen LogP contribution >= 0.6 is 27.3 Å². The lowest BCUT2D eigenvalue weighted by Crippen LogP contribution is -2.03. The number of esters is 1. The van der Waals surface area contributed by atoms with Crippen molar-refractivity contribution in [2.45, 2.75) is 6.61 Å². The zero-order valence-electron chi connectivity index (χ0n) is 5.75. The van der Waals surface area contributed by atoms with Crippen molar-refractivity contribution in [1.29, 1.82) is 0 Å². The van der Waals surface area contributed by atoms with Gasteiger partial charge in [0.25, 0.3) is 0 Å². The summed E-state index contributed by atoms with van der Waals surface area (Å²) in [5.41, 5.74) is 0. The van der Waals surface area contributed by atoms with Gasteiger partial charge in [0.15, 0.2) is 0 Å². The topological polar surface area (TPSA) is 26.3 Å². The lowest BCUT2D eigenvalue weighted by Gasteiger charge is -1.98. The molecule has 0 aliphatic carbocycles. The average molecular weight is 235 g/mol. The molecule has 60 valence electrons. The molecule has 11 heavy (non-hydrogen) atoms. The molecule has 0 spiro atoms. The summed E-state index contributed by atoms with van der Waals surface area (Å²) >= 11 is 4.59. The van der Waals surface area contributed by atoms with Gasteiger partial charge in [-0.25, -0.2) is 0 Å². The Labute approximate surface area is 77.3 Å². The Kier molecular flexibility index (Phi) is 3.59. The SMILES string of the molecule is O=C(CBr)OCc1cccs1. The van der Waals surface area contributed by atoms with E-state index in [0.717, 1.165) is 4.88 Å². The van der Waals surface area contributed by atoms with Gasteiger partial charge >= 0.3 is 5.97 Å². The standard InChI is InChI=1S/C7H7BrO2S/c8-4-7(9)10-5-6-2-1-3-11-6/h1-3H,4-5H2. The molecule has 0 bridgehead atoms. The van der Waals surface area contributed by atoms with Crippen LogP contribution in [-0.2, 0) is 16.1 Å². The van der Waals surface area contributed by atoms with Crippen molar-refractivity contribution in [3.63, 3.8) is 0 Å². The summed E-state index contributed by atoms with van der Waals surface area (Å²) in [4.78, 5) is 11.7. The molecule has 0 unspecified atom stereocenters. The van der Waals surface area contributed by atoms with Crippen LogP contribution in [0.15, 0.2) is 17.5 Å². The Hall–Kier alpha value is -0.350. The number of rotatable bonds is 3. The third-order valence-corrected chi connectivity index (χ3v) is 2.37. The van der Waals surface area contributed by atoms with Crippen molar-refractivity contribution in [1.82, 2.24) is 0 Å². The quantitative estimate of drug-likeness (QED) is 0.593. The number of hydrogen-bond donors (Lipinski definition) is 0. The maximum atomic E-state index is 10.6. The normalized spacial score (nSPS) is 9.55. The first kappa shape index (κ1) is 8.74. The van der Waals surface area contributed by atoms with Crippen LogP contribution in [0.5, 0.6) is 0 Å². The van der Waals surface area contributed by atoms with Crippen LogP contribution in [0.4, 0.5) is 0 Å². The van der Waals surface area contributed by atoms with E-state index in [1.165, 1.54) is 0 Å². The predicted molar refractivity (Wildman–Crippen MR) is 47.9 cm³/mol. The molecule has 0 aliphatic rings. The highest BCUT2D eigenvalue weighted by Crippen LogP contribution is 2.09. The van der Waals surface area contributed by atoms with Gasteiger partial charge in [-0.3, -0.25) is 4.79 Å². The van der Waals surface area contributed by atoms with E-state index >= 15 is 0 Å². The van der Waals surface area contributed by atoms with Crippen molar-refractivity contribution in [3.05, 3.63) is 22.4 Å². The molecule has 1 heterocycles. The lowest BCUT2D eigenvalue weighted by atomic mass is 10.5. The molecule has 1 aromatic heterocycles. The maximum absolute atomic E-state index is 10.6. The third kappa shape index (κ3) is 3.03. The Bertz CT molecular complexity index is 220. The molecule has 0 amide bonds. The van der Waals surface area contributed by atoms with Gasteiger partial charge < -0.3 is 4.74 Å². The summed E-state index contributed by atoms with van der Waals surface area (Å²) in [5, 5.41) is 2.22. The molecule has 2 nitrogen and oxygen atoms in total. The largest absolute Gasteiger partial charge is 0.459 e. The molecule has 0 atom stereocenters. The van der Waals surface area contributed by atoms with E-state index in [9.17, 15) is 4.79 Å². The number of hydrogen-bond acceptors (Lipinski definition) is 3. The summed E-state index contributed by atoms with van der Waals surface area (Å²) < 4.78 is 4.86. The fraction of sp³-hybridized carbons (Fsp3) is 0.286. The molecule has 1 rings (SSSR count). The predicted octanol–water partition coefficient (Wildman–Crippen LogP) is 2.19. The molecule has 0 N–H and O–H groups in total. The van der Waals surface area contributed by atoms with E-state index in [0.29, 0.717) is 6.61 Å². The van der Waals surface area contributed by atoms with Crippen molar-refractivity contribution in [2.75, 3.05) is 5.33 Å². The molecule has 4 heteroatoms. The van der Waals surface area contributed by atoms with Crippen LogP contribution in [0.3, 0.4) is 0 Å². The number of thiophene rings is 1. The molecule has 0 fully saturated rings. The summed E-state index contributed by atoms with van der Waals surface area (Å²) in [6, 6.07) is 3.87. The number of ether oxygens (including phenoxy) is 1. The first-order valence-electron chi connectivity index (χ1n) is 3.07. The van der Waals surface area contributed by atoms with Crippen molar-refractivity contribution >= 4 is 33.2 Å². The van der Waals surface area contributed by atoms with Crippen LogP contribution in [-0.4, -0.2) is 11.3 Å². The molecule has 0 aromatic carbocycles. The Balaban J connectivity index is 2.29. The molecular weight excluding hydrogens is 228 g/mol. The zero-order chi connectivity index (χ0) is 8.10. The fourth-order valence-corrected chi connectivity index (χ4v) is 1.36. The third-order valence-electron chi connectivity index (χ3n) is 1.06. The van der Waals surface area contributed by atoms with E-state index in [1.807, 2.05) is 17.5 Å². The average Bonchev–Trinajstić information content (AvgIpc) is 2.52. The second-order valence-electron chi connectivity index (χ2n) is 1.87. The lowest BCUT2D eigenvalue weighted by molar-refractivity contribution is -0.141. The van der Waals surface area contributed by atoms with E-state index in [4.69, 9.17) is 4.74 Å². The first-order valence-corrected chi connectivity index (χ1v) is 5.07. The summed E-state index contributed by atoms with van der Waals surface area (Å²) in [6.07, 6.45) is 0. The summed E-state index contributed by atoms with van der Waals surface area (Å²) in [5.74, 6) is -0.224. The smallest absolute Gasteiger partial charge is 0.316 e. The molecule has 0 saturated heterocycles. The van der Waals surface area contributed by atoms with Crippen molar-refractivity contribution in [2.24, 2.45) is 0 Å². The molecular formula is C7H7BrO2S. The number of carbonyl (C=O) groups is 1. The van der Waals surface area contributed by atoms with E-state index in [2.05, 4.69) is 15.9 Å². The number of halogens is 1. The summed E-state index contributed by atoms with van der Waals surface area (Å²) in [6.45, 7) is 0.391. The fourth-order valence-electron chi connectivity index (χ4n) is 0.585. The first-order chi connectivity index (χ1) is 5.33. The van der Waals surface area contributed by atoms with Gasteiger partial charge in [-0.1, -0.05) is 22.0 Å². The van der Waals surface area contributed by atoms with E-state index in [-0.39, 0.29) is 11.3 Å². The van der Waals surface area contributed by atoms with Gasteiger partial charge in [0, 0.05) is 4.88 Å². The van der Waals surface area contributed by atoms with Crippen LogP contribution in [0.1, 0.15) is 4.88 Å². The van der Waals surface area contributed by atoms with Gasteiger partial charge in [-0.15, -0.1) is 11.3 Å². The highest BCUT2D eigenvalue weighted by atomic mass is 79.9. The van der Waals surface area contributed by atoms with Gasteiger partial charge in [0.2, 0.25) is 0 Å². The maximum Gasteiger partial charge on any atom is 0.316 e. The van der Waals surface area contributed by atoms with Crippen LogP contribution in [0.25, 0.3) is 0 Å². The Morgan fingerprint density at radius 3 is 3.09 bits per heavy atom. The van der Waals surface area contributed by atoms with Crippen LogP contribution in [0, 0.1) is 0 Å². The van der Waals surface area contributed by atoms with Gasteiger partial charge in [-0.05, 0) is 11.4 Å². The Morgan fingerprint density at radius 2 is 2.55 bits per heavy atom. The molecule has 1 aromatic rings. The van der Waals surface area contributed by atoms with Gasteiger partial charge in [0.05, 0.1) is 0 Å².